The maximum absolute atomic E-state index is 13.7. The number of rotatable bonds is 4. The molecule has 1 aromatic carbocycles. The first-order valence-electron chi connectivity index (χ1n) is 5.28. The molecule has 1 aromatic heterocycles. The molecule has 2 nitrogen and oxygen atoms in total. The quantitative estimate of drug-likeness (QED) is 0.896. The van der Waals surface area contributed by atoms with Crippen LogP contribution in [0, 0.1) is 5.82 Å². The van der Waals surface area contributed by atoms with E-state index < -0.39 is 6.67 Å². The molecule has 0 aliphatic heterocycles. The summed E-state index contributed by atoms with van der Waals surface area (Å²) >= 11 is 1.24. The fourth-order valence-electron chi connectivity index (χ4n) is 1.60. The van der Waals surface area contributed by atoms with E-state index in [1.165, 1.54) is 17.4 Å². The van der Waals surface area contributed by atoms with Gasteiger partial charge in [0.2, 0.25) is 0 Å². The number of nitrogens with zero attached hydrogens (tertiary/aromatic N) is 1. The number of hydrogen-bond donors (Lipinski definition) is 1. The van der Waals surface area contributed by atoms with Crippen LogP contribution in [0.15, 0.2) is 23.7 Å². The zero-order valence-electron chi connectivity index (χ0n) is 9.34. The van der Waals surface area contributed by atoms with Crippen molar-refractivity contribution >= 4 is 17.0 Å². The van der Waals surface area contributed by atoms with Crippen molar-refractivity contribution in [1.82, 2.24) is 4.98 Å². The van der Waals surface area contributed by atoms with Gasteiger partial charge in [0.05, 0.1) is 21.8 Å². The molecule has 5 heteroatoms. The Labute approximate surface area is 102 Å². The van der Waals surface area contributed by atoms with Crippen molar-refractivity contribution in [2.24, 2.45) is 0 Å². The molecule has 17 heavy (non-hydrogen) atoms. The molecule has 0 saturated carbocycles. The van der Waals surface area contributed by atoms with Gasteiger partial charge in [0.15, 0.2) is 0 Å². The molecule has 0 unspecified atom stereocenters. The van der Waals surface area contributed by atoms with Crippen LogP contribution in [0.3, 0.4) is 0 Å². The molecule has 0 atom stereocenters. The number of nitrogens with one attached hydrogen (secondary N) is 1. The molecule has 0 saturated heterocycles. The van der Waals surface area contributed by atoms with Crippen LogP contribution in [0.4, 0.5) is 14.5 Å². The fraction of sp³-hybridized carbons (Fsp3) is 0.250. The van der Waals surface area contributed by atoms with Crippen LogP contribution in [0.25, 0.3) is 11.3 Å². The summed E-state index contributed by atoms with van der Waals surface area (Å²) in [6.45, 7) is 1.98. The van der Waals surface area contributed by atoms with Crippen LogP contribution in [-0.4, -0.2) is 11.5 Å². The number of alkyl halides is 1. The summed E-state index contributed by atoms with van der Waals surface area (Å²) < 4.78 is 26.4. The van der Waals surface area contributed by atoms with E-state index in [1.54, 1.807) is 17.6 Å². The monoisotopic (exact) mass is 254 g/mol. The minimum atomic E-state index is -0.573. The summed E-state index contributed by atoms with van der Waals surface area (Å²) in [6.07, 6.45) is 0. The smallest absolute Gasteiger partial charge is 0.146 e. The maximum atomic E-state index is 13.7. The fourth-order valence-corrected chi connectivity index (χ4v) is 2.23. The van der Waals surface area contributed by atoms with Crippen molar-refractivity contribution in [3.05, 3.63) is 34.4 Å². The SMILES string of the molecule is CCNc1ccc(-c2ncsc2CF)cc1F. The Morgan fingerprint density at radius 2 is 2.24 bits per heavy atom. The van der Waals surface area contributed by atoms with E-state index in [1.807, 2.05) is 6.92 Å². The molecule has 1 heterocycles. The van der Waals surface area contributed by atoms with Gasteiger partial charge in [-0.15, -0.1) is 11.3 Å². The average molecular weight is 254 g/mol. The number of thiazole rings is 1. The second-order valence-electron chi connectivity index (χ2n) is 3.48. The van der Waals surface area contributed by atoms with Crippen LogP contribution >= 0.6 is 11.3 Å². The molecule has 0 aliphatic rings. The lowest BCUT2D eigenvalue weighted by molar-refractivity contribution is 0.491. The molecular weight excluding hydrogens is 242 g/mol. The normalized spacial score (nSPS) is 10.5. The third kappa shape index (κ3) is 2.44. The van der Waals surface area contributed by atoms with E-state index in [2.05, 4.69) is 10.3 Å². The molecule has 0 spiro atoms. The average Bonchev–Trinajstić information content (AvgIpc) is 2.80. The van der Waals surface area contributed by atoms with E-state index in [4.69, 9.17) is 0 Å². The molecule has 90 valence electrons. The van der Waals surface area contributed by atoms with Gasteiger partial charge in [-0.25, -0.2) is 13.8 Å². The molecule has 0 fully saturated rings. The third-order valence-corrected chi connectivity index (χ3v) is 3.17. The van der Waals surface area contributed by atoms with E-state index in [9.17, 15) is 8.78 Å². The number of aromatic nitrogens is 1. The second kappa shape index (κ2) is 5.23. The molecule has 0 aliphatic carbocycles. The predicted octanol–water partition coefficient (Wildman–Crippen LogP) is 3.85. The highest BCUT2D eigenvalue weighted by molar-refractivity contribution is 7.10. The summed E-state index contributed by atoms with van der Waals surface area (Å²) in [4.78, 5) is 4.59. The second-order valence-corrected chi connectivity index (χ2v) is 4.42. The molecule has 1 N–H and O–H groups in total. The molecule has 0 bridgehead atoms. The molecule has 0 radical (unpaired) electrons. The van der Waals surface area contributed by atoms with Crippen LogP contribution in [0.1, 0.15) is 11.8 Å². The highest BCUT2D eigenvalue weighted by Gasteiger charge is 2.10. The van der Waals surface area contributed by atoms with Gasteiger partial charge in [-0.3, -0.25) is 0 Å². The van der Waals surface area contributed by atoms with Gasteiger partial charge in [0.25, 0.3) is 0 Å². The van der Waals surface area contributed by atoms with Crippen molar-refractivity contribution in [3.8, 4) is 11.3 Å². The summed E-state index contributed by atoms with van der Waals surface area (Å²) in [6, 6.07) is 4.77. The first-order chi connectivity index (χ1) is 8.26. The predicted molar refractivity (Wildman–Crippen MR) is 66.5 cm³/mol. The van der Waals surface area contributed by atoms with Crippen LogP contribution in [-0.2, 0) is 6.67 Å². The molecule has 2 rings (SSSR count). The van der Waals surface area contributed by atoms with Crippen LogP contribution in [0.2, 0.25) is 0 Å². The van der Waals surface area contributed by atoms with Crippen LogP contribution < -0.4 is 5.32 Å². The van der Waals surface area contributed by atoms with Crippen LogP contribution in [0.5, 0.6) is 0 Å². The van der Waals surface area contributed by atoms with E-state index >= 15 is 0 Å². The molecular formula is C12H12F2N2S. The summed E-state index contributed by atoms with van der Waals surface area (Å²) in [7, 11) is 0. The Kier molecular flexibility index (Phi) is 3.68. The van der Waals surface area contributed by atoms with E-state index in [0.29, 0.717) is 28.4 Å². The number of hydrogen-bond acceptors (Lipinski definition) is 3. The van der Waals surface area contributed by atoms with Gasteiger partial charge in [-0.1, -0.05) is 6.07 Å². The van der Waals surface area contributed by atoms with Gasteiger partial charge in [0, 0.05) is 12.1 Å². The molecule has 0 amide bonds. The van der Waals surface area contributed by atoms with Crippen molar-refractivity contribution < 1.29 is 8.78 Å². The van der Waals surface area contributed by atoms with E-state index in [-0.39, 0.29) is 5.82 Å². The summed E-state index contributed by atoms with van der Waals surface area (Å²) in [5.41, 5.74) is 3.16. The maximum Gasteiger partial charge on any atom is 0.146 e. The van der Waals surface area contributed by atoms with Crippen molar-refractivity contribution in [2.75, 3.05) is 11.9 Å². The highest BCUT2D eigenvalue weighted by atomic mass is 32.1. The first kappa shape index (κ1) is 12.0. The standard InChI is InChI=1S/C12H12F2N2S/c1-2-15-10-4-3-8(5-9(10)14)12-11(6-13)17-7-16-12/h3-5,7,15H,2,6H2,1H3. The lowest BCUT2D eigenvalue weighted by Crippen LogP contribution is -1.99. The van der Waals surface area contributed by atoms with Gasteiger partial charge < -0.3 is 5.32 Å². The third-order valence-electron chi connectivity index (χ3n) is 2.37. The summed E-state index contributed by atoms with van der Waals surface area (Å²) in [5, 5.41) is 2.91. The van der Waals surface area contributed by atoms with Crippen molar-refractivity contribution in [2.45, 2.75) is 13.6 Å². The van der Waals surface area contributed by atoms with Gasteiger partial charge in [-0.05, 0) is 19.1 Å². The highest BCUT2D eigenvalue weighted by Crippen LogP contribution is 2.28. The Hall–Kier alpha value is -1.49. The lowest BCUT2D eigenvalue weighted by atomic mass is 10.1. The Balaban J connectivity index is 2.37. The van der Waals surface area contributed by atoms with Crippen molar-refractivity contribution in [3.63, 3.8) is 0 Å². The largest absolute Gasteiger partial charge is 0.383 e. The van der Waals surface area contributed by atoms with E-state index in [0.717, 1.165) is 0 Å². The minimum Gasteiger partial charge on any atom is -0.383 e. The number of benzene rings is 1. The number of anilines is 1. The minimum absolute atomic E-state index is 0.345. The zero-order valence-corrected chi connectivity index (χ0v) is 10.2. The Bertz CT molecular complexity index is 511. The van der Waals surface area contributed by atoms with Crippen molar-refractivity contribution in [1.29, 1.82) is 0 Å². The topological polar surface area (TPSA) is 24.9 Å². The lowest BCUT2D eigenvalue weighted by Gasteiger charge is -2.06. The first-order valence-corrected chi connectivity index (χ1v) is 6.16. The van der Waals surface area contributed by atoms with Gasteiger partial charge >= 0.3 is 0 Å². The molecule has 2 aromatic rings. The zero-order chi connectivity index (χ0) is 12.3. The Morgan fingerprint density at radius 3 is 2.88 bits per heavy atom. The summed E-state index contributed by atoms with van der Waals surface area (Å²) in [5.74, 6) is -0.345. The van der Waals surface area contributed by atoms with Gasteiger partial charge in [-0.2, -0.15) is 0 Å². The van der Waals surface area contributed by atoms with Gasteiger partial charge in [0.1, 0.15) is 12.5 Å². The number of halogens is 2. The Morgan fingerprint density at radius 1 is 1.41 bits per heavy atom.